The molecule has 8 nitrogen and oxygen atoms in total. The molecule has 3 rings (SSSR count). The minimum atomic E-state index is -0.763. The second-order valence-corrected chi connectivity index (χ2v) is 4.60. The lowest BCUT2D eigenvalue weighted by atomic mass is 9.83. The minimum absolute atomic E-state index is 0.00333. The van der Waals surface area contributed by atoms with Gasteiger partial charge < -0.3 is 0 Å². The van der Waals surface area contributed by atoms with E-state index in [0.29, 0.717) is 0 Å². The van der Waals surface area contributed by atoms with Crippen LogP contribution >= 0.6 is 0 Å². The van der Waals surface area contributed by atoms with E-state index in [-0.39, 0.29) is 27.9 Å². The number of ketones is 2. The van der Waals surface area contributed by atoms with Crippen LogP contribution in [0.4, 0.5) is 11.4 Å². The molecule has 22 heavy (non-hydrogen) atoms. The van der Waals surface area contributed by atoms with Crippen LogP contribution < -0.4 is 0 Å². The highest BCUT2D eigenvalue weighted by Crippen LogP contribution is 2.34. The van der Waals surface area contributed by atoms with Gasteiger partial charge >= 0.3 is 0 Å². The highest BCUT2D eigenvalue weighted by Gasteiger charge is 2.36. The van der Waals surface area contributed by atoms with Crippen LogP contribution in [-0.4, -0.2) is 21.4 Å². The normalized spacial score (nSPS) is 12.5. The molecule has 0 atom stereocenters. The van der Waals surface area contributed by atoms with Crippen molar-refractivity contribution in [3.05, 3.63) is 78.9 Å². The molecule has 0 N–H and O–H groups in total. The molecule has 0 aliphatic heterocycles. The average Bonchev–Trinajstić information content (AvgIpc) is 2.51. The van der Waals surface area contributed by atoms with E-state index in [1.54, 1.807) is 0 Å². The first-order chi connectivity index (χ1) is 10.4. The average molecular weight is 298 g/mol. The SMILES string of the molecule is O=C1c2ccc([N+](=O)[O-])cc2C(=O)c2c1cccc2[N+](=O)[O-]. The summed E-state index contributed by atoms with van der Waals surface area (Å²) in [5.41, 5.74) is -1.44. The van der Waals surface area contributed by atoms with Gasteiger partial charge in [0.2, 0.25) is 5.78 Å². The molecule has 1 aliphatic rings. The molecule has 0 saturated heterocycles. The van der Waals surface area contributed by atoms with Crippen molar-refractivity contribution in [3.63, 3.8) is 0 Å². The number of fused-ring (bicyclic) bond motifs is 2. The molecule has 0 bridgehead atoms. The van der Waals surface area contributed by atoms with Crippen molar-refractivity contribution >= 4 is 22.9 Å². The van der Waals surface area contributed by atoms with Gasteiger partial charge in [0.05, 0.1) is 9.85 Å². The number of rotatable bonds is 2. The highest BCUT2D eigenvalue weighted by atomic mass is 16.6. The van der Waals surface area contributed by atoms with E-state index < -0.39 is 27.1 Å². The summed E-state index contributed by atoms with van der Waals surface area (Å²) in [6.07, 6.45) is 0. The first kappa shape index (κ1) is 13.6. The largest absolute Gasteiger partial charge is 0.289 e. The third-order valence-electron chi connectivity index (χ3n) is 3.41. The van der Waals surface area contributed by atoms with Crippen LogP contribution in [0.2, 0.25) is 0 Å². The topological polar surface area (TPSA) is 120 Å². The van der Waals surface area contributed by atoms with E-state index in [2.05, 4.69) is 0 Å². The maximum atomic E-state index is 12.5. The van der Waals surface area contributed by atoms with Gasteiger partial charge in [-0.3, -0.25) is 29.8 Å². The fraction of sp³-hybridized carbons (Fsp3) is 0. The summed E-state index contributed by atoms with van der Waals surface area (Å²) in [6, 6.07) is 7.04. The number of hydrogen-bond acceptors (Lipinski definition) is 6. The highest BCUT2D eigenvalue weighted by molar-refractivity contribution is 6.29. The molecule has 2 aromatic rings. The van der Waals surface area contributed by atoms with Crippen molar-refractivity contribution in [3.8, 4) is 0 Å². The van der Waals surface area contributed by atoms with E-state index in [9.17, 15) is 29.8 Å². The van der Waals surface area contributed by atoms with Gasteiger partial charge in [-0.15, -0.1) is 0 Å². The zero-order valence-corrected chi connectivity index (χ0v) is 10.8. The summed E-state index contributed by atoms with van der Waals surface area (Å²) < 4.78 is 0. The second-order valence-electron chi connectivity index (χ2n) is 4.60. The third kappa shape index (κ3) is 1.78. The molecule has 0 saturated carbocycles. The lowest BCUT2D eigenvalue weighted by molar-refractivity contribution is -0.385. The van der Waals surface area contributed by atoms with Gasteiger partial charge in [0.15, 0.2) is 5.78 Å². The molecule has 0 amide bonds. The second kappa shape index (κ2) is 4.55. The lowest BCUT2D eigenvalue weighted by Gasteiger charge is -2.16. The number of non-ortho nitro benzene ring substituents is 1. The van der Waals surface area contributed by atoms with E-state index in [0.717, 1.165) is 18.2 Å². The van der Waals surface area contributed by atoms with Gasteiger partial charge in [0.25, 0.3) is 11.4 Å². The van der Waals surface area contributed by atoms with E-state index in [1.807, 2.05) is 0 Å². The predicted molar refractivity (Wildman–Crippen MR) is 73.1 cm³/mol. The van der Waals surface area contributed by atoms with Crippen LogP contribution in [-0.2, 0) is 0 Å². The van der Waals surface area contributed by atoms with Crippen LogP contribution in [0.5, 0.6) is 0 Å². The summed E-state index contributed by atoms with van der Waals surface area (Å²) in [5, 5.41) is 21.8. The maximum absolute atomic E-state index is 12.5. The van der Waals surface area contributed by atoms with Crippen LogP contribution in [0.25, 0.3) is 0 Å². The summed E-state index contributed by atoms with van der Waals surface area (Å²) in [4.78, 5) is 45.2. The Morgan fingerprint density at radius 1 is 0.773 bits per heavy atom. The number of carbonyl (C=O) groups excluding carboxylic acids is 2. The van der Waals surface area contributed by atoms with Crippen LogP contribution in [0.3, 0.4) is 0 Å². The Labute approximate surface area is 122 Å². The molecule has 1 aliphatic carbocycles. The van der Waals surface area contributed by atoms with Gasteiger partial charge in [0.1, 0.15) is 5.56 Å². The molecule has 0 radical (unpaired) electrons. The van der Waals surface area contributed by atoms with Gasteiger partial charge in [-0.25, -0.2) is 0 Å². The van der Waals surface area contributed by atoms with E-state index in [1.165, 1.54) is 18.2 Å². The van der Waals surface area contributed by atoms with Crippen molar-refractivity contribution in [2.24, 2.45) is 0 Å². The number of nitro groups is 2. The Kier molecular flexibility index (Phi) is 2.81. The summed E-state index contributed by atoms with van der Waals surface area (Å²) in [5.74, 6) is -1.33. The molecular weight excluding hydrogens is 292 g/mol. The van der Waals surface area contributed by atoms with Crippen LogP contribution in [0, 0.1) is 20.2 Å². The first-order valence-electron chi connectivity index (χ1n) is 6.07. The van der Waals surface area contributed by atoms with Crippen LogP contribution in [0.15, 0.2) is 36.4 Å². The standard InChI is InChI=1S/C14H6N2O6/c17-13-8-5-4-7(15(19)20)6-10(8)14(18)12-9(13)2-1-3-11(12)16(21)22/h1-6H. The summed E-state index contributed by atoms with van der Waals surface area (Å²) >= 11 is 0. The Morgan fingerprint density at radius 2 is 1.50 bits per heavy atom. The van der Waals surface area contributed by atoms with Crippen molar-refractivity contribution in [2.45, 2.75) is 0 Å². The lowest BCUT2D eigenvalue weighted by Crippen LogP contribution is -2.22. The molecule has 2 aromatic carbocycles. The molecule has 0 spiro atoms. The zero-order valence-electron chi connectivity index (χ0n) is 10.8. The fourth-order valence-corrected chi connectivity index (χ4v) is 2.43. The predicted octanol–water partition coefficient (Wildman–Crippen LogP) is 2.28. The number of benzene rings is 2. The van der Waals surface area contributed by atoms with Gasteiger partial charge in [0, 0.05) is 34.9 Å². The first-order valence-corrected chi connectivity index (χ1v) is 6.07. The number of nitro benzene ring substituents is 2. The smallest absolute Gasteiger partial charge is 0.281 e. The Balaban J connectivity index is 2.31. The summed E-state index contributed by atoms with van der Waals surface area (Å²) in [6.45, 7) is 0. The molecule has 0 aromatic heterocycles. The van der Waals surface area contributed by atoms with E-state index >= 15 is 0 Å². The van der Waals surface area contributed by atoms with Gasteiger partial charge in [-0.05, 0) is 12.1 Å². The molecular formula is C14H6N2O6. The molecule has 0 unspecified atom stereocenters. The van der Waals surface area contributed by atoms with Crippen molar-refractivity contribution in [2.75, 3.05) is 0 Å². The van der Waals surface area contributed by atoms with Gasteiger partial charge in [-0.1, -0.05) is 6.07 Å². The molecule has 108 valence electrons. The Bertz CT molecular complexity index is 887. The molecule has 8 heteroatoms. The minimum Gasteiger partial charge on any atom is -0.289 e. The Morgan fingerprint density at radius 3 is 2.14 bits per heavy atom. The van der Waals surface area contributed by atoms with Crippen molar-refractivity contribution in [1.82, 2.24) is 0 Å². The van der Waals surface area contributed by atoms with Crippen LogP contribution in [0.1, 0.15) is 31.8 Å². The van der Waals surface area contributed by atoms with Crippen molar-refractivity contribution in [1.29, 1.82) is 0 Å². The Hall–Kier alpha value is -3.42. The fourth-order valence-electron chi connectivity index (χ4n) is 2.43. The molecule has 0 heterocycles. The van der Waals surface area contributed by atoms with Gasteiger partial charge in [-0.2, -0.15) is 0 Å². The van der Waals surface area contributed by atoms with Crippen molar-refractivity contribution < 1.29 is 19.4 Å². The summed E-state index contributed by atoms with van der Waals surface area (Å²) in [7, 11) is 0. The monoisotopic (exact) mass is 298 g/mol. The quantitative estimate of drug-likeness (QED) is 0.528. The zero-order chi connectivity index (χ0) is 16.0. The number of nitrogens with zero attached hydrogens (tertiary/aromatic N) is 2. The third-order valence-corrected chi connectivity index (χ3v) is 3.41. The number of carbonyl (C=O) groups is 2. The molecule has 0 fully saturated rings. The number of hydrogen-bond donors (Lipinski definition) is 0. The van der Waals surface area contributed by atoms with E-state index in [4.69, 9.17) is 0 Å². The maximum Gasteiger partial charge on any atom is 0.281 e.